The van der Waals surface area contributed by atoms with E-state index in [1.807, 2.05) is 24.3 Å². The summed E-state index contributed by atoms with van der Waals surface area (Å²) in [5.41, 5.74) is 2.03. The fraction of sp³-hybridized carbons (Fsp3) is 0.438. The lowest BCUT2D eigenvalue weighted by molar-refractivity contribution is 0.0730. The smallest absolute Gasteiger partial charge is 0.246 e. The molecule has 1 aromatic carbocycles. The normalized spacial score (nSPS) is 16.5. The zero-order chi connectivity index (χ0) is 17.3. The van der Waals surface area contributed by atoms with Gasteiger partial charge in [0.1, 0.15) is 4.90 Å². The van der Waals surface area contributed by atoms with Gasteiger partial charge in [-0.25, -0.2) is 8.42 Å². The number of benzene rings is 1. The van der Waals surface area contributed by atoms with Crippen molar-refractivity contribution in [3.8, 4) is 0 Å². The van der Waals surface area contributed by atoms with E-state index in [9.17, 15) is 8.42 Å². The fourth-order valence-electron chi connectivity index (χ4n) is 2.91. The third-order valence-corrected chi connectivity index (χ3v) is 6.68. The standard InChI is InChI=1S/C16H20ClN3O3S/c1-12-16(24(21,22)19-7-9-23-10-8-19)13(2)20(18-12)11-14-5-3-4-6-15(14)17/h3-6H,7-11H2,1-2H3. The zero-order valence-electron chi connectivity index (χ0n) is 13.7. The fourth-order valence-corrected chi connectivity index (χ4v) is 4.89. The van der Waals surface area contributed by atoms with Gasteiger partial charge in [0, 0.05) is 18.1 Å². The van der Waals surface area contributed by atoms with E-state index in [0.717, 1.165) is 5.56 Å². The van der Waals surface area contributed by atoms with Gasteiger partial charge in [0.25, 0.3) is 0 Å². The first kappa shape index (κ1) is 17.4. The molecule has 1 aliphatic heterocycles. The lowest BCUT2D eigenvalue weighted by Crippen LogP contribution is -2.41. The molecule has 0 aliphatic carbocycles. The molecule has 0 radical (unpaired) electrons. The number of sulfonamides is 1. The molecule has 24 heavy (non-hydrogen) atoms. The number of hydrogen-bond acceptors (Lipinski definition) is 4. The number of hydrogen-bond donors (Lipinski definition) is 0. The van der Waals surface area contributed by atoms with Crippen molar-refractivity contribution in [1.82, 2.24) is 14.1 Å². The molecule has 0 N–H and O–H groups in total. The molecule has 6 nitrogen and oxygen atoms in total. The van der Waals surface area contributed by atoms with Crippen LogP contribution < -0.4 is 0 Å². The third kappa shape index (κ3) is 3.21. The number of morpholine rings is 1. The number of ether oxygens (including phenoxy) is 1. The van der Waals surface area contributed by atoms with Gasteiger partial charge in [-0.05, 0) is 25.5 Å². The first-order chi connectivity index (χ1) is 11.4. The molecule has 1 saturated heterocycles. The Morgan fingerprint density at radius 2 is 1.88 bits per heavy atom. The molecule has 0 unspecified atom stereocenters. The van der Waals surface area contributed by atoms with Crippen LogP contribution in [-0.2, 0) is 21.3 Å². The Morgan fingerprint density at radius 3 is 2.54 bits per heavy atom. The molecule has 1 aliphatic rings. The van der Waals surface area contributed by atoms with Crippen LogP contribution in [-0.4, -0.2) is 48.8 Å². The minimum atomic E-state index is -3.57. The molecular weight excluding hydrogens is 350 g/mol. The highest BCUT2D eigenvalue weighted by Crippen LogP contribution is 2.25. The maximum atomic E-state index is 13.0. The summed E-state index contributed by atoms with van der Waals surface area (Å²) < 4.78 is 34.3. The molecular formula is C16H20ClN3O3S. The van der Waals surface area contributed by atoms with E-state index >= 15 is 0 Å². The molecule has 0 amide bonds. The summed E-state index contributed by atoms with van der Waals surface area (Å²) in [5, 5.41) is 5.07. The van der Waals surface area contributed by atoms with Crippen molar-refractivity contribution < 1.29 is 13.2 Å². The molecule has 8 heteroatoms. The van der Waals surface area contributed by atoms with Crippen LogP contribution in [0.3, 0.4) is 0 Å². The number of aromatic nitrogens is 2. The Balaban J connectivity index is 1.96. The Bertz CT molecular complexity index is 842. The Labute approximate surface area is 147 Å². The summed E-state index contributed by atoms with van der Waals surface area (Å²) in [6.07, 6.45) is 0. The first-order valence-electron chi connectivity index (χ1n) is 7.76. The van der Waals surface area contributed by atoms with E-state index in [1.165, 1.54) is 4.31 Å². The van der Waals surface area contributed by atoms with Crippen molar-refractivity contribution >= 4 is 21.6 Å². The van der Waals surface area contributed by atoms with Crippen LogP contribution in [0.4, 0.5) is 0 Å². The quantitative estimate of drug-likeness (QED) is 0.829. The van der Waals surface area contributed by atoms with Crippen molar-refractivity contribution in [2.24, 2.45) is 0 Å². The van der Waals surface area contributed by atoms with Crippen molar-refractivity contribution in [2.45, 2.75) is 25.3 Å². The van der Waals surface area contributed by atoms with E-state index in [-0.39, 0.29) is 4.90 Å². The third-order valence-electron chi connectivity index (χ3n) is 4.16. The molecule has 2 aromatic rings. The lowest BCUT2D eigenvalue weighted by atomic mass is 10.2. The van der Waals surface area contributed by atoms with Gasteiger partial charge in [0.05, 0.1) is 31.1 Å². The summed E-state index contributed by atoms with van der Waals surface area (Å²) in [6, 6.07) is 7.49. The van der Waals surface area contributed by atoms with Crippen LogP contribution >= 0.6 is 11.6 Å². The topological polar surface area (TPSA) is 64.4 Å². The molecule has 0 atom stereocenters. The highest BCUT2D eigenvalue weighted by Gasteiger charge is 2.32. The summed E-state index contributed by atoms with van der Waals surface area (Å²) in [5.74, 6) is 0. The number of halogens is 1. The van der Waals surface area contributed by atoms with Gasteiger partial charge in [-0.2, -0.15) is 9.40 Å². The largest absolute Gasteiger partial charge is 0.379 e. The van der Waals surface area contributed by atoms with Gasteiger partial charge >= 0.3 is 0 Å². The maximum absolute atomic E-state index is 13.0. The zero-order valence-corrected chi connectivity index (χ0v) is 15.3. The van der Waals surface area contributed by atoms with Gasteiger partial charge in [-0.15, -0.1) is 0 Å². The predicted octanol–water partition coefficient (Wildman–Crippen LogP) is 2.22. The van der Waals surface area contributed by atoms with E-state index in [2.05, 4.69) is 5.10 Å². The van der Waals surface area contributed by atoms with Crippen molar-refractivity contribution in [1.29, 1.82) is 0 Å². The summed E-state index contributed by atoms with van der Waals surface area (Å²) in [6.45, 7) is 5.53. The average Bonchev–Trinajstić information content (AvgIpc) is 2.85. The second-order valence-electron chi connectivity index (χ2n) is 5.77. The minimum Gasteiger partial charge on any atom is -0.379 e. The molecule has 0 bridgehead atoms. The van der Waals surface area contributed by atoms with Crippen LogP contribution in [0.25, 0.3) is 0 Å². The summed E-state index contributed by atoms with van der Waals surface area (Å²) in [4.78, 5) is 0.288. The second kappa shape index (κ2) is 6.84. The monoisotopic (exact) mass is 369 g/mol. The first-order valence-corrected chi connectivity index (χ1v) is 9.58. The number of rotatable bonds is 4. The van der Waals surface area contributed by atoms with Crippen molar-refractivity contribution in [2.75, 3.05) is 26.3 Å². The molecule has 130 valence electrons. The summed E-state index contributed by atoms with van der Waals surface area (Å²) >= 11 is 6.20. The van der Waals surface area contributed by atoms with E-state index in [0.29, 0.717) is 49.3 Å². The maximum Gasteiger partial charge on any atom is 0.246 e. The van der Waals surface area contributed by atoms with E-state index in [1.54, 1.807) is 18.5 Å². The number of aryl methyl sites for hydroxylation is 1. The predicted molar refractivity (Wildman–Crippen MR) is 91.8 cm³/mol. The second-order valence-corrected chi connectivity index (χ2v) is 8.05. The van der Waals surface area contributed by atoms with Crippen LogP contribution in [0.2, 0.25) is 5.02 Å². The van der Waals surface area contributed by atoms with Crippen LogP contribution in [0, 0.1) is 13.8 Å². The Kier molecular flexibility index (Phi) is 4.96. The molecule has 2 heterocycles. The van der Waals surface area contributed by atoms with Crippen LogP contribution in [0.15, 0.2) is 29.2 Å². The molecule has 0 spiro atoms. The Hall–Kier alpha value is -1.41. The van der Waals surface area contributed by atoms with Gasteiger partial charge in [-0.3, -0.25) is 4.68 Å². The summed E-state index contributed by atoms with van der Waals surface area (Å²) in [7, 11) is -3.57. The SMILES string of the molecule is Cc1nn(Cc2ccccc2Cl)c(C)c1S(=O)(=O)N1CCOCC1. The van der Waals surface area contributed by atoms with Crippen LogP contribution in [0.1, 0.15) is 17.0 Å². The highest BCUT2D eigenvalue weighted by atomic mass is 35.5. The van der Waals surface area contributed by atoms with Crippen molar-refractivity contribution in [3.63, 3.8) is 0 Å². The minimum absolute atomic E-state index is 0.288. The van der Waals surface area contributed by atoms with Gasteiger partial charge in [0.15, 0.2) is 0 Å². The van der Waals surface area contributed by atoms with E-state index < -0.39 is 10.0 Å². The van der Waals surface area contributed by atoms with Crippen LogP contribution in [0.5, 0.6) is 0 Å². The average molecular weight is 370 g/mol. The number of nitrogens with zero attached hydrogens (tertiary/aromatic N) is 3. The Morgan fingerprint density at radius 1 is 1.21 bits per heavy atom. The molecule has 1 aromatic heterocycles. The van der Waals surface area contributed by atoms with Gasteiger partial charge < -0.3 is 4.74 Å². The van der Waals surface area contributed by atoms with Gasteiger partial charge in [-0.1, -0.05) is 29.8 Å². The molecule has 3 rings (SSSR count). The lowest BCUT2D eigenvalue weighted by Gasteiger charge is -2.26. The van der Waals surface area contributed by atoms with Crippen molar-refractivity contribution in [3.05, 3.63) is 46.2 Å². The van der Waals surface area contributed by atoms with Gasteiger partial charge in [0.2, 0.25) is 10.0 Å². The molecule has 0 saturated carbocycles. The van der Waals surface area contributed by atoms with E-state index in [4.69, 9.17) is 16.3 Å². The highest BCUT2D eigenvalue weighted by molar-refractivity contribution is 7.89. The molecule has 1 fully saturated rings.